The van der Waals surface area contributed by atoms with Crippen molar-refractivity contribution in [2.24, 2.45) is 0 Å². The number of ether oxygens (including phenoxy) is 1. The Labute approximate surface area is 153 Å². The number of methoxy groups -OCH3 is 1. The molecule has 3 rings (SSSR count). The summed E-state index contributed by atoms with van der Waals surface area (Å²) in [6, 6.07) is 7.65. The third kappa shape index (κ3) is 4.33. The number of amides is 2. The maximum absolute atomic E-state index is 12.4. The highest BCUT2D eigenvalue weighted by atomic mass is 16.5. The molecule has 0 atom stereocenters. The minimum Gasteiger partial charge on any atom is -0.497 e. The number of carbonyl (C=O) groups excluding carboxylic acids is 1. The molecule has 7 nitrogen and oxygen atoms in total. The van der Waals surface area contributed by atoms with Gasteiger partial charge in [0.15, 0.2) is 0 Å². The van der Waals surface area contributed by atoms with Crippen LogP contribution in [0.15, 0.2) is 28.7 Å². The Kier molecular flexibility index (Phi) is 5.75. The first kappa shape index (κ1) is 18.2. The lowest BCUT2D eigenvalue weighted by molar-refractivity contribution is 0.176. The van der Waals surface area contributed by atoms with Crippen molar-refractivity contribution in [1.29, 1.82) is 0 Å². The lowest BCUT2D eigenvalue weighted by atomic mass is 9.97. The quantitative estimate of drug-likeness (QED) is 0.887. The van der Waals surface area contributed by atoms with Crippen LogP contribution >= 0.6 is 0 Å². The number of rotatable bonds is 5. The predicted octanol–water partition coefficient (Wildman–Crippen LogP) is 3.29. The summed E-state index contributed by atoms with van der Waals surface area (Å²) >= 11 is 0. The van der Waals surface area contributed by atoms with Gasteiger partial charge in [-0.15, -0.1) is 10.2 Å². The lowest BCUT2D eigenvalue weighted by Crippen LogP contribution is -2.43. The summed E-state index contributed by atoms with van der Waals surface area (Å²) in [7, 11) is 1.64. The van der Waals surface area contributed by atoms with Crippen LogP contribution in [0.5, 0.6) is 5.75 Å². The minimum absolute atomic E-state index is 0.0346. The fourth-order valence-electron chi connectivity index (χ4n) is 3.01. The smallest absolute Gasteiger partial charge is 0.317 e. The molecule has 0 spiro atoms. The maximum atomic E-state index is 12.4. The molecule has 1 N–H and O–H groups in total. The number of hydrogen-bond donors (Lipinski definition) is 1. The Morgan fingerprint density at radius 1 is 1.27 bits per heavy atom. The molecule has 1 fully saturated rings. The van der Waals surface area contributed by atoms with Gasteiger partial charge >= 0.3 is 6.03 Å². The van der Waals surface area contributed by atoms with Gasteiger partial charge in [-0.05, 0) is 30.5 Å². The molecule has 26 heavy (non-hydrogen) atoms. The van der Waals surface area contributed by atoms with E-state index in [9.17, 15) is 4.79 Å². The van der Waals surface area contributed by atoms with E-state index < -0.39 is 0 Å². The van der Waals surface area contributed by atoms with Gasteiger partial charge < -0.3 is 19.4 Å². The number of carbonyl (C=O) groups is 1. The van der Waals surface area contributed by atoms with Crippen molar-refractivity contribution in [1.82, 2.24) is 20.4 Å². The van der Waals surface area contributed by atoms with Crippen LogP contribution in [0.3, 0.4) is 0 Å². The van der Waals surface area contributed by atoms with Crippen molar-refractivity contribution in [3.05, 3.63) is 41.6 Å². The Morgan fingerprint density at radius 3 is 2.54 bits per heavy atom. The largest absolute Gasteiger partial charge is 0.497 e. The third-order valence-electron chi connectivity index (χ3n) is 4.68. The second-order valence-corrected chi connectivity index (χ2v) is 6.90. The number of nitrogens with zero attached hydrogens (tertiary/aromatic N) is 3. The lowest BCUT2D eigenvalue weighted by Gasteiger charge is -2.30. The van der Waals surface area contributed by atoms with Crippen LogP contribution in [0.2, 0.25) is 0 Å². The molecule has 0 bridgehead atoms. The van der Waals surface area contributed by atoms with Gasteiger partial charge in [0, 0.05) is 31.5 Å². The van der Waals surface area contributed by atoms with Crippen molar-refractivity contribution in [3.63, 3.8) is 0 Å². The molecule has 1 aromatic heterocycles. The van der Waals surface area contributed by atoms with Crippen LogP contribution in [0, 0.1) is 0 Å². The van der Waals surface area contributed by atoms with Crippen molar-refractivity contribution in [2.75, 3.05) is 20.2 Å². The fraction of sp³-hybridized carbons (Fsp3) is 0.526. The van der Waals surface area contributed by atoms with Gasteiger partial charge in [-0.25, -0.2) is 4.79 Å². The normalized spacial score (nSPS) is 15.3. The van der Waals surface area contributed by atoms with E-state index in [2.05, 4.69) is 15.5 Å². The number of benzene rings is 1. The first-order valence-electron chi connectivity index (χ1n) is 9.06. The van der Waals surface area contributed by atoms with E-state index in [4.69, 9.17) is 9.15 Å². The molecule has 1 aromatic carbocycles. The van der Waals surface area contributed by atoms with E-state index >= 15 is 0 Å². The third-order valence-corrected chi connectivity index (χ3v) is 4.68. The zero-order valence-corrected chi connectivity index (χ0v) is 15.6. The van der Waals surface area contributed by atoms with Crippen LogP contribution in [-0.2, 0) is 6.54 Å². The number of piperidine rings is 1. The number of urea groups is 1. The van der Waals surface area contributed by atoms with Crippen LogP contribution < -0.4 is 10.1 Å². The summed E-state index contributed by atoms with van der Waals surface area (Å²) in [5, 5.41) is 11.3. The van der Waals surface area contributed by atoms with Crippen molar-refractivity contribution in [2.45, 2.75) is 45.1 Å². The Balaban J connectivity index is 1.46. The van der Waals surface area contributed by atoms with Gasteiger partial charge in [-0.3, -0.25) is 0 Å². The molecule has 0 aliphatic carbocycles. The maximum Gasteiger partial charge on any atom is 0.317 e. The molecule has 1 saturated heterocycles. The molecule has 0 unspecified atom stereocenters. The number of hydrogen-bond acceptors (Lipinski definition) is 5. The predicted molar refractivity (Wildman–Crippen MR) is 97.2 cm³/mol. The van der Waals surface area contributed by atoms with E-state index in [1.54, 1.807) is 7.11 Å². The topological polar surface area (TPSA) is 80.5 Å². The Morgan fingerprint density at radius 2 is 1.96 bits per heavy atom. The molecule has 1 aliphatic rings. The summed E-state index contributed by atoms with van der Waals surface area (Å²) in [4.78, 5) is 14.2. The van der Waals surface area contributed by atoms with E-state index in [0.717, 1.165) is 24.2 Å². The van der Waals surface area contributed by atoms with Gasteiger partial charge in [0.05, 0.1) is 7.11 Å². The van der Waals surface area contributed by atoms with E-state index in [1.807, 2.05) is 43.0 Å². The number of aromatic nitrogens is 2. The van der Waals surface area contributed by atoms with Crippen LogP contribution in [0.1, 0.15) is 55.9 Å². The summed E-state index contributed by atoms with van der Waals surface area (Å²) < 4.78 is 10.9. The average Bonchev–Trinajstić information content (AvgIpc) is 3.17. The SMILES string of the molecule is COc1ccc(CNC(=O)N2CCC(c3nnc(C(C)C)o3)CC2)cc1. The van der Waals surface area contributed by atoms with Crippen molar-refractivity contribution < 1.29 is 13.9 Å². The molecule has 140 valence electrons. The van der Waals surface area contributed by atoms with E-state index in [-0.39, 0.29) is 17.9 Å². The van der Waals surface area contributed by atoms with Gasteiger partial charge in [0.1, 0.15) is 5.75 Å². The van der Waals surface area contributed by atoms with Gasteiger partial charge in [0.2, 0.25) is 11.8 Å². The van der Waals surface area contributed by atoms with E-state index in [1.165, 1.54) is 0 Å². The molecule has 0 saturated carbocycles. The highest BCUT2D eigenvalue weighted by Crippen LogP contribution is 2.28. The Hall–Kier alpha value is -2.57. The molecule has 7 heteroatoms. The van der Waals surface area contributed by atoms with Crippen LogP contribution in [-0.4, -0.2) is 41.3 Å². The first-order valence-corrected chi connectivity index (χ1v) is 9.06. The first-order chi connectivity index (χ1) is 12.6. The second-order valence-electron chi connectivity index (χ2n) is 6.90. The second kappa shape index (κ2) is 8.21. The molecular formula is C19H26N4O3. The highest BCUT2D eigenvalue weighted by molar-refractivity contribution is 5.74. The summed E-state index contributed by atoms with van der Waals surface area (Å²) in [5.74, 6) is 2.66. The monoisotopic (exact) mass is 358 g/mol. The minimum atomic E-state index is -0.0346. The van der Waals surface area contributed by atoms with Gasteiger partial charge in [-0.2, -0.15) is 0 Å². The molecule has 2 aromatic rings. The molecule has 0 radical (unpaired) electrons. The molecule has 2 amide bonds. The Bertz CT molecular complexity index is 719. The fourth-order valence-corrected chi connectivity index (χ4v) is 3.01. The number of likely N-dealkylation sites (tertiary alicyclic amines) is 1. The molecule has 2 heterocycles. The highest BCUT2D eigenvalue weighted by Gasteiger charge is 2.27. The molecule has 1 aliphatic heterocycles. The van der Waals surface area contributed by atoms with Gasteiger partial charge in [-0.1, -0.05) is 26.0 Å². The average molecular weight is 358 g/mol. The zero-order valence-electron chi connectivity index (χ0n) is 15.6. The standard InChI is InChI=1S/C19H26N4O3/c1-13(2)17-21-22-18(26-17)15-8-10-23(11-9-15)19(24)20-12-14-4-6-16(25-3)7-5-14/h4-7,13,15H,8-12H2,1-3H3,(H,20,24). The summed E-state index contributed by atoms with van der Waals surface area (Å²) in [6.45, 7) is 5.96. The van der Waals surface area contributed by atoms with Crippen molar-refractivity contribution in [3.8, 4) is 5.75 Å². The summed E-state index contributed by atoms with van der Waals surface area (Å²) in [6.07, 6.45) is 1.69. The van der Waals surface area contributed by atoms with Gasteiger partial charge in [0.25, 0.3) is 0 Å². The summed E-state index contributed by atoms with van der Waals surface area (Å²) in [5.41, 5.74) is 1.04. The van der Waals surface area contributed by atoms with Crippen LogP contribution in [0.25, 0.3) is 0 Å². The van der Waals surface area contributed by atoms with Crippen molar-refractivity contribution >= 4 is 6.03 Å². The number of nitrogens with one attached hydrogen (secondary N) is 1. The van der Waals surface area contributed by atoms with E-state index in [0.29, 0.717) is 31.4 Å². The van der Waals surface area contributed by atoms with Crippen LogP contribution in [0.4, 0.5) is 4.79 Å². The zero-order chi connectivity index (χ0) is 18.5. The molecular weight excluding hydrogens is 332 g/mol.